The number of carbonyl (C=O) groups is 2. The van der Waals surface area contributed by atoms with Crippen molar-refractivity contribution in [3.63, 3.8) is 0 Å². The van der Waals surface area contributed by atoms with E-state index in [1.807, 2.05) is 11.5 Å². The van der Waals surface area contributed by atoms with Gasteiger partial charge in [-0.3, -0.25) is 4.79 Å². The van der Waals surface area contributed by atoms with Crippen LogP contribution in [0, 0.1) is 13.8 Å². The van der Waals surface area contributed by atoms with Crippen molar-refractivity contribution in [1.29, 1.82) is 0 Å². The maximum Gasteiger partial charge on any atom is 0.340 e. The number of Topliss-reactive ketones (excluding diaryl/α,β-unsaturated/α-hetero) is 1. The number of benzene rings is 2. The molecule has 0 radical (unpaired) electrons. The summed E-state index contributed by atoms with van der Waals surface area (Å²) < 4.78 is 40.4. The molecule has 0 aliphatic heterocycles. The Morgan fingerprint density at radius 3 is 2.18 bits per heavy atom. The normalized spacial score (nSPS) is 11.2. The number of rotatable bonds is 9. The molecule has 3 aromatic rings. The van der Waals surface area contributed by atoms with Gasteiger partial charge in [0.15, 0.2) is 23.9 Å². The van der Waals surface area contributed by atoms with Crippen LogP contribution in [0.5, 0.6) is 11.5 Å². The van der Waals surface area contributed by atoms with Crippen LogP contribution in [0.2, 0.25) is 0 Å². The van der Waals surface area contributed by atoms with Crippen LogP contribution in [0.1, 0.15) is 37.7 Å². The lowest BCUT2D eigenvalue weighted by Crippen LogP contribution is -2.15. The Morgan fingerprint density at radius 1 is 0.941 bits per heavy atom. The van der Waals surface area contributed by atoms with Gasteiger partial charge in [0.05, 0.1) is 24.7 Å². The number of carbonyl (C=O) groups excluding carboxylic acids is 2. The molecule has 34 heavy (non-hydrogen) atoms. The van der Waals surface area contributed by atoms with E-state index in [1.165, 1.54) is 32.4 Å². The summed E-state index contributed by atoms with van der Waals surface area (Å²) in [5.74, 6) is -0.0982. The topological polar surface area (TPSA) is 127 Å². The molecule has 0 spiro atoms. The lowest BCUT2D eigenvalue weighted by atomic mass is 10.1. The molecule has 10 heteroatoms. The van der Waals surface area contributed by atoms with Gasteiger partial charge in [0.2, 0.25) is 10.0 Å². The van der Waals surface area contributed by atoms with E-state index < -0.39 is 22.6 Å². The zero-order valence-corrected chi connectivity index (χ0v) is 20.1. The third-order valence-corrected chi connectivity index (χ3v) is 6.36. The summed E-state index contributed by atoms with van der Waals surface area (Å²) in [4.78, 5) is 25.2. The van der Waals surface area contributed by atoms with E-state index in [9.17, 15) is 18.0 Å². The van der Waals surface area contributed by atoms with Crippen molar-refractivity contribution >= 4 is 21.8 Å². The van der Waals surface area contributed by atoms with Gasteiger partial charge in [-0.15, -0.1) is 0 Å². The number of aromatic nitrogens is 1. The SMILES string of the molecule is COc1ccc(C(=O)COC(=O)c2cc(C)n(Cc3ccc(S(N)(=O)=O)cc3)c2C)cc1OC. The van der Waals surface area contributed by atoms with Crippen molar-refractivity contribution in [1.82, 2.24) is 4.57 Å². The van der Waals surface area contributed by atoms with Crippen molar-refractivity contribution in [3.05, 3.63) is 76.6 Å². The molecule has 0 bridgehead atoms. The number of methoxy groups -OCH3 is 2. The summed E-state index contributed by atoms with van der Waals surface area (Å²) in [5.41, 5.74) is 2.98. The van der Waals surface area contributed by atoms with Gasteiger partial charge in [0.25, 0.3) is 0 Å². The van der Waals surface area contributed by atoms with Gasteiger partial charge in [-0.2, -0.15) is 0 Å². The number of hydrogen-bond acceptors (Lipinski definition) is 7. The van der Waals surface area contributed by atoms with Gasteiger partial charge in [0.1, 0.15) is 0 Å². The number of ketones is 1. The van der Waals surface area contributed by atoms with Crippen LogP contribution in [0.4, 0.5) is 0 Å². The van der Waals surface area contributed by atoms with E-state index >= 15 is 0 Å². The summed E-state index contributed by atoms with van der Waals surface area (Å²) in [6.07, 6.45) is 0. The van der Waals surface area contributed by atoms with Crippen LogP contribution in [0.25, 0.3) is 0 Å². The quantitative estimate of drug-likeness (QED) is 0.364. The van der Waals surface area contributed by atoms with Gasteiger partial charge < -0.3 is 18.8 Å². The molecule has 0 saturated carbocycles. The standard InChI is InChI=1S/C24H26N2O7S/c1-15-11-20(16(2)26(15)13-17-5-8-19(9-6-17)34(25,29)30)24(28)33-14-21(27)18-7-10-22(31-3)23(12-18)32-4/h5-12H,13-14H2,1-4H3,(H2,25,29,30). The maximum atomic E-state index is 12.7. The predicted octanol–water partition coefficient (Wildman–Crippen LogP) is 2.86. The summed E-state index contributed by atoms with van der Waals surface area (Å²) >= 11 is 0. The van der Waals surface area contributed by atoms with E-state index in [-0.39, 0.29) is 10.7 Å². The van der Waals surface area contributed by atoms with E-state index in [2.05, 4.69) is 0 Å². The minimum atomic E-state index is -3.77. The highest BCUT2D eigenvalue weighted by Gasteiger charge is 2.19. The molecule has 0 aliphatic rings. The fourth-order valence-corrected chi connectivity index (χ4v) is 4.04. The molecule has 0 fully saturated rings. The Labute approximate surface area is 198 Å². The molecule has 2 N–H and O–H groups in total. The van der Waals surface area contributed by atoms with Crippen LogP contribution in [0.3, 0.4) is 0 Å². The number of nitrogens with zero attached hydrogens (tertiary/aromatic N) is 1. The number of sulfonamides is 1. The number of hydrogen-bond donors (Lipinski definition) is 1. The maximum absolute atomic E-state index is 12.7. The first-order chi connectivity index (χ1) is 16.0. The average Bonchev–Trinajstić information content (AvgIpc) is 3.10. The third-order valence-electron chi connectivity index (χ3n) is 5.43. The fraction of sp³-hybridized carbons (Fsp3) is 0.250. The molecule has 0 atom stereocenters. The first-order valence-electron chi connectivity index (χ1n) is 10.3. The van der Waals surface area contributed by atoms with E-state index in [0.29, 0.717) is 34.9 Å². The molecular weight excluding hydrogens is 460 g/mol. The number of aryl methyl sites for hydroxylation is 1. The number of ether oxygens (including phenoxy) is 3. The largest absolute Gasteiger partial charge is 0.493 e. The highest BCUT2D eigenvalue weighted by atomic mass is 32.2. The molecule has 1 aromatic heterocycles. The monoisotopic (exact) mass is 486 g/mol. The Hall–Kier alpha value is -3.63. The number of primary sulfonamides is 1. The molecule has 0 amide bonds. The minimum Gasteiger partial charge on any atom is -0.493 e. The molecule has 2 aromatic carbocycles. The van der Waals surface area contributed by atoms with E-state index in [0.717, 1.165) is 11.3 Å². The predicted molar refractivity (Wildman–Crippen MR) is 125 cm³/mol. The van der Waals surface area contributed by atoms with Crippen molar-refractivity contribution < 1.29 is 32.2 Å². The summed E-state index contributed by atoms with van der Waals surface area (Å²) in [6, 6.07) is 12.6. The number of nitrogens with two attached hydrogens (primary N) is 1. The Bertz CT molecular complexity index is 1330. The molecular formula is C24H26N2O7S. The molecule has 180 valence electrons. The first-order valence-corrected chi connectivity index (χ1v) is 11.8. The lowest BCUT2D eigenvalue weighted by Gasteiger charge is -2.11. The van der Waals surface area contributed by atoms with E-state index in [1.54, 1.807) is 37.3 Å². The Balaban J connectivity index is 1.70. The van der Waals surface area contributed by atoms with Gasteiger partial charge in [-0.1, -0.05) is 12.1 Å². The molecule has 3 rings (SSSR count). The van der Waals surface area contributed by atoms with Crippen LogP contribution in [0.15, 0.2) is 53.4 Å². The Morgan fingerprint density at radius 2 is 1.59 bits per heavy atom. The van der Waals surface area contributed by atoms with E-state index in [4.69, 9.17) is 19.3 Å². The minimum absolute atomic E-state index is 0.0283. The van der Waals surface area contributed by atoms with Crippen molar-refractivity contribution in [2.45, 2.75) is 25.3 Å². The first kappa shape index (κ1) is 25.0. The molecule has 0 saturated heterocycles. The molecule has 9 nitrogen and oxygen atoms in total. The summed E-state index contributed by atoms with van der Waals surface area (Å²) in [5, 5.41) is 5.14. The zero-order valence-electron chi connectivity index (χ0n) is 19.3. The van der Waals surface area contributed by atoms with Crippen LogP contribution < -0.4 is 14.6 Å². The van der Waals surface area contributed by atoms with Gasteiger partial charge >= 0.3 is 5.97 Å². The second kappa shape index (κ2) is 10.1. The smallest absolute Gasteiger partial charge is 0.340 e. The van der Waals surface area contributed by atoms with Gasteiger partial charge in [-0.25, -0.2) is 18.4 Å². The zero-order chi connectivity index (χ0) is 25.0. The lowest BCUT2D eigenvalue weighted by molar-refractivity contribution is 0.0474. The second-order valence-electron chi connectivity index (χ2n) is 7.63. The van der Waals surface area contributed by atoms with Crippen LogP contribution in [-0.2, 0) is 21.3 Å². The molecule has 1 heterocycles. The highest BCUT2D eigenvalue weighted by Crippen LogP contribution is 2.28. The highest BCUT2D eigenvalue weighted by molar-refractivity contribution is 7.89. The van der Waals surface area contributed by atoms with Crippen LogP contribution in [-0.4, -0.2) is 45.6 Å². The molecule has 0 unspecified atom stereocenters. The summed E-state index contributed by atoms with van der Waals surface area (Å²) in [6.45, 7) is 3.61. The number of esters is 1. The van der Waals surface area contributed by atoms with Crippen molar-refractivity contribution in [3.8, 4) is 11.5 Å². The van der Waals surface area contributed by atoms with Crippen molar-refractivity contribution in [2.24, 2.45) is 5.14 Å². The molecule has 0 aliphatic carbocycles. The summed E-state index contributed by atoms with van der Waals surface area (Å²) in [7, 11) is -0.800. The van der Waals surface area contributed by atoms with Crippen LogP contribution >= 0.6 is 0 Å². The fourth-order valence-electron chi connectivity index (χ4n) is 3.52. The second-order valence-corrected chi connectivity index (χ2v) is 9.19. The van der Waals surface area contributed by atoms with Crippen molar-refractivity contribution in [2.75, 3.05) is 20.8 Å². The Kier molecular flexibility index (Phi) is 7.43. The van der Waals surface area contributed by atoms with Gasteiger partial charge in [0, 0.05) is 23.5 Å². The average molecular weight is 487 g/mol. The third kappa shape index (κ3) is 5.46. The van der Waals surface area contributed by atoms with Gasteiger partial charge in [-0.05, 0) is 55.8 Å².